The highest BCUT2D eigenvalue weighted by Crippen LogP contribution is 2.46. The minimum atomic E-state index is -4.76. The summed E-state index contributed by atoms with van der Waals surface area (Å²) < 4.78 is 58.0. The number of pyridine rings is 1. The second-order valence-electron chi connectivity index (χ2n) is 10.1. The first kappa shape index (κ1) is 25.1. The third-order valence-corrected chi connectivity index (χ3v) is 8.88. The number of alkyl halides is 3. The van der Waals surface area contributed by atoms with E-state index in [0.29, 0.717) is 11.3 Å². The summed E-state index contributed by atoms with van der Waals surface area (Å²) in [7, 11) is 1.16. The minimum absolute atomic E-state index is 0.194. The molecule has 0 radical (unpaired) electrons. The van der Waals surface area contributed by atoms with Crippen molar-refractivity contribution in [2.24, 2.45) is 7.05 Å². The number of hydrogen-bond donors (Lipinski definition) is 0. The lowest BCUT2D eigenvalue weighted by Crippen LogP contribution is -2.46. The van der Waals surface area contributed by atoms with E-state index in [1.165, 1.54) is 36.6 Å². The van der Waals surface area contributed by atoms with Crippen molar-refractivity contribution < 1.29 is 22.1 Å². The summed E-state index contributed by atoms with van der Waals surface area (Å²) in [6, 6.07) is 9.72. The van der Waals surface area contributed by atoms with Crippen molar-refractivity contribution >= 4 is 21.8 Å². The number of rotatable bonds is 7. The average Bonchev–Trinajstić information content (AvgIpc) is 3.41. The molecule has 0 spiro atoms. The Bertz CT molecular complexity index is 1500. The molecule has 1 aromatic carbocycles. The maximum Gasteiger partial charge on any atom is 0.573 e. The second-order valence-corrected chi connectivity index (χ2v) is 11.8. The van der Waals surface area contributed by atoms with Crippen LogP contribution < -0.4 is 4.74 Å². The largest absolute Gasteiger partial charge is 0.573 e. The molecule has 2 fully saturated rings. The molecule has 4 aromatic rings. The van der Waals surface area contributed by atoms with Gasteiger partial charge in [-0.05, 0) is 55.5 Å². The van der Waals surface area contributed by atoms with E-state index >= 15 is 0 Å². The van der Waals surface area contributed by atoms with Crippen molar-refractivity contribution in [2.45, 2.75) is 37.6 Å². The fourth-order valence-electron chi connectivity index (χ4n) is 5.46. The van der Waals surface area contributed by atoms with Gasteiger partial charge < -0.3 is 4.74 Å². The highest BCUT2D eigenvalue weighted by molar-refractivity contribution is 7.85. The molecule has 1 aliphatic heterocycles. The first-order valence-corrected chi connectivity index (χ1v) is 14.1. The van der Waals surface area contributed by atoms with E-state index in [4.69, 9.17) is 4.98 Å². The van der Waals surface area contributed by atoms with Gasteiger partial charge in [0.1, 0.15) is 11.4 Å². The van der Waals surface area contributed by atoms with Gasteiger partial charge in [0.15, 0.2) is 0 Å². The lowest BCUT2D eigenvalue weighted by atomic mass is 10.0. The van der Waals surface area contributed by atoms with Crippen molar-refractivity contribution in [3.05, 3.63) is 60.6 Å². The van der Waals surface area contributed by atoms with E-state index in [-0.39, 0.29) is 11.3 Å². The molecule has 1 saturated heterocycles. The number of ether oxygens (including phenoxy) is 1. The summed E-state index contributed by atoms with van der Waals surface area (Å²) in [5, 5.41) is 5.32. The molecule has 3 aromatic heterocycles. The fraction of sp³-hybridized carbons (Fsp3) is 0.407. The highest BCUT2D eigenvalue weighted by atomic mass is 32.2. The Balaban J connectivity index is 1.33. The molecule has 2 aliphatic rings. The fourth-order valence-corrected chi connectivity index (χ4v) is 6.51. The number of aromatic nitrogens is 4. The molecule has 1 aliphatic carbocycles. The third-order valence-electron chi connectivity index (χ3n) is 7.60. The first-order valence-electron chi connectivity index (χ1n) is 12.7. The van der Waals surface area contributed by atoms with Gasteiger partial charge in [-0.2, -0.15) is 5.10 Å². The van der Waals surface area contributed by atoms with Crippen LogP contribution in [-0.2, 0) is 24.3 Å². The van der Waals surface area contributed by atoms with Crippen LogP contribution in [0.2, 0.25) is 0 Å². The van der Waals surface area contributed by atoms with Gasteiger partial charge in [-0.15, -0.1) is 13.2 Å². The van der Waals surface area contributed by atoms with Gasteiger partial charge in [0, 0.05) is 71.3 Å². The number of hydrogen-bond acceptors (Lipinski definition) is 5. The van der Waals surface area contributed by atoms with Gasteiger partial charge >= 0.3 is 6.36 Å². The third kappa shape index (κ3) is 5.09. The molecule has 11 heteroatoms. The zero-order valence-corrected chi connectivity index (χ0v) is 21.8. The van der Waals surface area contributed by atoms with E-state index in [1.807, 2.05) is 29.9 Å². The molecule has 0 atom stereocenters. The first-order chi connectivity index (χ1) is 18.2. The van der Waals surface area contributed by atoms with Crippen molar-refractivity contribution in [3.63, 3.8) is 0 Å². The molecule has 0 N–H and O–H groups in total. The van der Waals surface area contributed by atoms with Crippen LogP contribution in [0.1, 0.15) is 24.8 Å². The van der Waals surface area contributed by atoms with Crippen LogP contribution in [-0.4, -0.2) is 64.9 Å². The lowest BCUT2D eigenvalue weighted by Gasteiger charge is -2.34. The van der Waals surface area contributed by atoms with E-state index in [2.05, 4.69) is 20.9 Å². The number of halogens is 3. The van der Waals surface area contributed by atoms with Crippen LogP contribution in [0.3, 0.4) is 0 Å². The molecule has 6 rings (SSSR count). The smallest absolute Gasteiger partial charge is 0.406 e. The monoisotopic (exact) mass is 543 g/mol. The number of benzene rings is 1. The van der Waals surface area contributed by atoms with Gasteiger partial charge in [0.2, 0.25) is 0 Å². The maximum atomic E-state index is 12.8. The Kier molecular flexibility index (Phi) is 6.30. The number of aryl methyl sites for hydroxylation is 2. The van der Waals surface area contributed by atoms with Crippen LogP contribution in [0.5, 0.6) is 5.75 Å². The van der Waals surface area contributed by atoms with Crippen LogP contribution in [0.15, 0.2) is 55.0 Å². The van der Waals surface area contributed by atoms with Crippen LogP contribution in [0.25, 0.3) is 28.0 Å². The minimum Gasteiger partial charge on any atom is -0.406 e. The summed E-state index contributed by atoms with van der Waals surface area (Å²) in [6.07, 6.45) is 5.24. The van der Waals surface area contributed by atoms with E-state index < -0.39 is 17.2 Å². The summed E-state index contributed by atoms with van der Waals surface area (Å²) in [4.78, 5) is 7.42. The molecule has 0 amide bonds. The summed E-state index contributed by atoms with van der Waals surface area (Å²) in [5.74, 6) is 1.23. The normalized spacial score (nSPS) is 18.2. The number of fused-ring (bicyclic) bond motifs is 1. The van der Waals surface area contributed by atoms with Gasteiger partial charge in [-0.3, -0.25) is 18.4 Å². The Hall–Kier alpha value is -3.18. The molecular weight excluding hydrogens is 515 g/mol. The zero-order chi connectivity index (χ0) is 26.5. The van der Waals surface area contributed by atoms with Crippen molar-refractivity contribution in [3.8, 4) is 22.7 Å². The second kappa shape index (κ2) is 9.53. The van der Waals surface area contributed by atoms with Gasteiger partial charge in [-0.1, -0.05) is 12.1 Å². The maximum absolute atomic E-state index is 12.8. The molecule has 4 heterocycles. The van der Waals surface area contributed by atoms with E-state index in [1.54, 1.807) is 16.9 Å². The van der Waals surface area contributed by atoms with Gasteiger partial charge in [0.05, 0.1) is 17.6 Å². The number of nitrogens with zero attached hydrogens (tertiary/aromatic N) is 5. The van der Waals surface area contributed by atoms with Crippen LogP contribution in [0.4, 0.5) is 13.2 Å². The predicted octanol–water partition coefficient (Wildman–Crippen LogP) is 4.85. The summed E-state index contributed by atoms with van der Waals surface area (Å²) in [6.45, 7) is 1.79. The lowest BCUT2D eigenvalue weighted by molar-refractivity contribution is -0.274. The highest BCUT2D eigenvalue weighted by Gasteiger charge is 2.47. The predicted molar refractivity (Wildman–Crippen MR) is 140 cm³/mol. The molecular formula is C27H28F3N5O2S. The molecule has 200 valence electrons. The molecule has 7 nitrogen and oxygen atoms in total. The van der Waals surface area contributed by atoms with Gasteiger partial charge in [-0.25, -0.2) is 4.98 Å². The standard InChI is InChI=1S/C27H28F3N5O2S/c1-33-18-21(16-31-33)35-17-20(7-8-26(9-10-26)34-11-13-38(36)14-12-34)23-5-6-24(32-25(23)35)19-3-2-4-22(15-19)37-27(28,29)30/h2-6,15-18H,7-14H2,1H3. The molecule has 0 unspecified atom stereocenters. The quantitative estimate of drug-likeness (QED) is 0.333. The van der Waals surface area contributed by atoms with Crippen LogP contribution >= 0.6 is 0 Å². The van der Waals surface area contributed by atoms with E-state index in [9.17, 15) is 17.4 Å². The summed E-state index contributed by atoms with van der Waals surface area (Å²) >= 11 is 0. The Morgan fingerprint density at radius 1 is 1.11 bits per heavy atom. The Morgan fingerprint density at radius 2 is 1.89 bits per heavy atom. The molecule has 38 heavy (non-hydrogen) atoms. The van der Waals surface area contributed by atoms with Gasteiger partial charge in [0.25, 0.3) is 0 Å². The summed E-state index contributed by atoms with van der Waals surface area (Å²) in [5.41, 5.74) is 4.05. The van der Waals surface area contributed by atoms with Crippen molar-refractivity contribution in [2.75, 3.05) is 24.6 Å². The Morgan fingerprint density at radius 3 is 2.58 bits per heavy atom. The Labute approximate surface area is 220 Å². The molecule has 0 bridgehead atoms. The zero-order valence-electron chi connectivity index (χ0n) is 20.9. The topological polar surface area (TPSA) is 65.2 Å². The van der Waals surface area contributed by atoms with Crippen LogP contribution in [0, 0.1) is 0 Å². The molecule has 1 saturated carbocycles. The average molecular weight is 544 g/mol. The van der Waals surface area contributed by atoms with Crippen molar-refractivity contribution in [1.29, 1.82) is 0 Å². The van der Waals surface area contributed by atoms with E-state index in [0.717, 1.165) is 54.2 Å². The SMILES string of the molecule is Cn1cc(-n2cc(CCC3(N4CCS(=O)CC4)CC3)c3ccc(-c4cccc(OC(F)(F)F)c4)nc32)cn1. The van der Waals surface area contributed by atoms with Crippen molar-refractivity contribution in [1.82, 2.24) is 24.2 Å².